The Bertz CT molecular complexity index is 1330. The summed E-state index contributed by atoms with van der Waals surface area (Å²) in [5.74, 6) is -0.475. The summed E-state index contributed by atoms with van der Waals surface area (Å²) in [6.45, 7) is 1.28. The van der Waals surface area contributed by atoms with Gasteiger partial charge in [-0.2, -0.15) is 13.5 Å². The first-order valence-electron chi connectivity index (χ1n) is 9.20. The topological polar surface area (TPSA) is 143 Å². The Morgan fingerprint density at radius 2 is 1.61 bits per heavy atom. The summed E-state index contributed by atoms with van der Waals surface area (Å²) in [5.41, 5.74) is 1.97. The van der Waals surface area contributed by atoms with E-state index in [1.807, 2.05) is 25.1 Å². The Kier molecular flexibility index (Phi) is 6.70. The van der Waals surface area contributed by atoms with Gasteiger partial charge in [-0.1, -0.05) is 31.2 Å². The Morgan fingerprint density at radius 1 is 0.903 bits per heavy atom. The van der Waals surface area contributed by atoms with Crippen LogP contribution in [0.5, 0.6) is 5.75 Å². The zero-order valence-electron chi connectivity index (χ0n) is 16.5. The van der Waals surface area contributed by atoms with E-state index in [2.05, 4.69) is 14.4 Å². The molecule has 164 valence electrons. The maximum Gasteiger partial charge on any atom is 0.397 e. The largest absolute Gasteiger partial charge is 0.507 e. The quantitative estimate of drug-likeness (QED) is 0.377. The summed E-state index contributed by atoms with van der Waals surface area (Å²) in [5, 5.41) is 20.0. The molecule has 3 aromatic carbocycles. The molecule has 0 aliphatic heterocycles. The first kappa shape index (κ1) is 22.8. The number of azo groups is 1. The zero-order chi connectivity index (χ0) is 22.6. The van der Waals surface area contributed by atoms with Crippen LogP contribution in [-0.4, -0.2) is 38.9 Å². The summed E-state index contributed by atoms with van der Waals surface area (Å²) in [6, 6.07) is 14.4. The second kappa shape index (κ2) is 9.10. The summed E-state index contributed by atoms with van der Waals surface area (Å²) in [6.07, 6.45) is 0.711. The molecule has 0 bridgehead atoms. The van der Waals surface area contributed by atoms with Crippen LogP contribution < -0.4 is 0 Å². The van der Waals surface area contributed by atoms with Crippen molar-refractivity contribution in [2.45, 2.75) is 18.2 Å². The standard InChI is InChI=1S/C20H20N2O7S2/c1-2-14-6-11-17-18(4-3-5-19(17)23)20(14)22-21-15-7-9-16(10-8-15)30(24,25)13-12-29-31(26,27)28/h3-11,23H,2,12-13H2,1H3,(H,26,27,28). The SMILES string of the molecule is CCc1ccc2c(O)cccc2c1N=Nc1ccc(S(=O)(=O)CCOS(=O)(=O)O)cc1. The number of fused-ring (bicyclic) bond motifs is 1. The molecule has 0 heterocycles. The third-order valence-corrected chi connectivity index (χ3v) is 6.68. The Morgan fingerprint density at radius 3 is 2.26 bits per heavy atom. The van der Waals surface area contributed by atoms with E-state index in [1.165, 1.54) is 24.3 Å². The molecular weight excluding hydrogens is 444 g/mol. The molecule has 0 saturated carbocycles. The zero-order valence-corrected chi connectivity index (χ0v) is 18.1. The van der Waals surface area contributed by atoms with E-state index in [1.54, 1.807) is 12.1 Å². The first-order valence-corrected chi connectivity index (χ1v) is 12.2. The Labute approximate surface area is 179 Å². The van der Waals surface area contributed by atoms with Crippen LogP contribution in [0.3, 0.4) is 0 Å². The summed E-state index contributed by atoms with van der Waals surface area (Å²) in [4.78, 5) is -0.0466. The molecule has 2 N–H and O–H groups in total. The van der Waals surface area contributed by atoms with Crippen molar-refractivity contribution in [3.8, 4) is 5.75 Å². The van der Waals surface area contributed by atoms with Crippen LogP contribution >= 0.6 is 0 Å². The number of benzene rings is 3. The minimum atomic E-state index is -4.70. The van der Waals surface area contributed by atoms with Gasteiger partial charge >= 0.3 is 10.4 Å². The lowest BCUT2D eigenvalue weighted by atomic mass is 10.0. The summed E-state index contributed by atoms with van der Waals surface area (Å²) < 4.78 is 58.1. The predicted octanol–water partition coefficient (Wildman–Crippen LogP) is 4.12. The number of aryl methyl sites for hydroxylation is 1. The lowest BCUT2D eigenvalue weighted by Crippen LogP contribution is -2.15. The molecule has 0 spiro atoms. The number of phenolic OH excluding ortho intramolecular Hbond substituents is 1. The van der Waals surface area contributed by atoms with E-state index in [-0.39, 0.29) is 10.6 Å². The van der Waals surface area contributed by atoms with Crippen molar-refractivity contribution in [1.82, 2.24) is 0 Å². The molecule has 0 saturated heterocycles. The highest BCUT2D eigenvalue weighted by molar-refractivity contribution is 7.91. The fourth-order valence-electron chi connectivity index (χ4n) is 2.97. The average molecular weight is 465 g/mol. The molecule has 9 nitrogen and oxygen atoms in total. The van der Waals surface area contributed by atoms with Crippen LogP contribution in [-0.2, 0) is 30.8 Å². The number of rotatable bonds is 8. The predicted molar refractivity (Wildman–Crippen MR) is 115 cm³/mol. The van der Waals surface area contributed by atoms with Gasteiger partial charge in [-0.05, 0) is 42.3 Å². The van der Waals surface area contributed by atoms with Crippen LogP contribution in [0, 0.1) is 0 Å². The molecule has 11 heteroatoms. The van der Waals surface area contributed by atoms with E-state index in [9.17, 15) is 21.9 Å². The lowest BCUT2D eigenvalue weighted by Gasteiger charge is -2.08. The molecule has 3 rings (SSSR count). The van der Waals surface area contributed by atoms with Crippen molar-refractivity contribution >= 4 is 42.4 Å². The Balaban J connectivity index is 1.84. The fraction of sp³-hybridized carbons (Fsp3) is 0.200. The normalized spacial score (nSPS) is 12.6. The average Bonchev–Trinajstić information content (AvgIpc) is 2.71. The van der Waals surface area contributed by atoms with Crippen molar-refractivity contribution in [3.05, 3.63) is 60.2 Å². The molecule has 3 aromatic rings. The van der Waals surface area contributed by atoms with Crippen molar-refractivity contribution < 1.29 is 30.7 Å². The van der Waals surface area contributed by atoms with Gasteiger partial charge in [-0.15, -0.1) is 5.11 Å². The van der Waals surface area contributed by atoms with Gasteiger partial charge < -0.3 is 5.11 Å². The van der Waals surface area contributed by atoms with Gasteiger partial charge in [0, 0.05) is 10.8 Å². The molecular formula is C20H20N2O7S2. The van der Waals surface area contributed by atoms with E-state index >= 15 is 0 Å². The van der Waals surface area contributed by atoms with Crippen molar-refractivity contribution in [1.29, 1.82) is 0 Å². The summed E-state index contributed by atoms with van der Waals surface area (Å²) in [7, 11) is -8.51. The summed E-state index contributed by atoms with van der Waals surface area (Å²) >= 11 is 0. The molecule has 0 aliphatic carbocycles. The Hall–Kier alpha value is -2.86. The lowest BCUT2D eigenvalue weighted by molar-refractivity contribution is 0.284. The third-order valence-electron chi connectivity index (χ3n) is 4.52. The highest BCUT2D eigenvalue weighted by Gasteiger charge is 2.16. The number of sulfone groups is 1. The van der Waals surface area contributed by atoms with Gasteiger partial charge in [0.1, 0.15) is 5.75 Å². The van der Waals surface area contributed by atoms with Gasteiger partial charge in [0.2, 0.25) is 0 Å². The van der Waals surface area contributed by atoms with Crippen LogP contribution in [0.1, 0.15) is 12.5 Å². The van der Waals surface area contributed by atoms with Crippen molar-refractivity contribution in [2.75, 3.05) is 12.4 Å². The van der Waals surface area contributed by atoms with Gasteiger partial charge in [0.25, 0.3) is 0 Å². The molecule has 0 unspecified atom stereocenters. The minimum absolute atomic E-state index is 0.0466. The van der Waals surface area contributed by atoms with Gasteiger partial charge in [0.05, 0.1) is 28.6 Å². The van der Waals surface area contributed by atoms with Gasteiger partial charge in [0.15, 0.2) is 9.84 Å². The second-order valence-corrected chi connectivity index (χ2v) is 9.76. The number of phenols is 1. The molecule has 0 amide bonds. The highest BCUT2D eigenvalue weighted by atomic mass is 32.3. The molecule has 0 aliphatic rings. The van der Waals surface area contributed by atoms with Crippen LogP contribution in [0.4, 0.5) is 11.4 Å². The maximum atomic E-state index is 12.2. The van der Waals surface area contributed by atoms with E-state index < -0.39 is 32.6 Å². The molecule has 0 aromatic heterocycles. The third kappa shape index (κ3) is 5.64. The van der Waals surface area contributed by atoms with Crippen LogP contribution in [0.25, 0.3) is 10.8 Å². The smallest absolute Gasteiger partial charge is 0.397 e. The molecule has 0 radical (unpaired) electrons. The molecule has 31 heavy (non-hydrogen) atoms. The van der Waals surface area contributed by atoms with E-state index in [4.69, 9.17) is 4.55 Å². The van der Waals surface area contributed by atoms with Crippen molar-refractivity contribution in [3.63, 3.8) is 0 Å². The number of hydrogen-bond donors (Lipinski definition) is 2. The van der Waals surface area contributed by atoms with Crippen molar-refractivity contribution in [2.24, 2.45) is 10.2 Å². The minimum Gasteiger partial charge on any atom is -0.507 e. The van der Waals surface area contributed by atoms with Gasteiger partial charge in [-0.3, -0.25) is 4.55 Å². The number of aromatic hydroxyl groups is 1. The maximum absolute atomic E-state index is 12.2. The second-order valence-electron chi connectivity index (χ2n) is 6.56. The van der Waals surface area contributed by atoms with Crippen LogP contribution in [0.15, 0.2) is 69.7 Å². The monoisotopic (exact) mass is 464 g/mol. The number of hydrogen-bond acceptors (Lipinski definition) is 8. The molecule has 0 fully saturated rings. The van der Waals surface area contributed by atoms with E-state index in [0.29, 0.717) is 23.2 Å². The van der Waals surface area contributed by atoms with Gasteiger partial charge in [-0.25, -0.2) is 12.6 Å². The van der Waals surface area contributed by atoms with Crippen LogP contribution in [0.2, 0.25) is 0 Å². The number of nitrogens with zero attached hydrogens (tertiary/aromatic N) is 2. The fourth-order valence-corrected chi connectivity index (χ4v) is 4.46. The highest BCUT2D eigenvalue weighted by Crippen LogP contribution is 2.36. The molecule has 0 atom stereocenters. The first-order chi connectivity index (χ1) is 14.6. The van der Waals surface area contributed by atoms with E-state index in [0.717, 1.165) is 10.9 Å².